The maximum absolute atomic E-state index is 12.1. The molecule has 0 aromatic heterocycles. The van der Waals surface area contributed by atoms with Crippen LogP contribution < -0.4 is 5.32 Å². The van der Waals surface area contributed by atoms with Crippen molar-refractivity contribution in [2.24, 2.45) is 0 Å². The Morgan fingerprint density at radius 2 is 1.68 bits per heavy atom. The fraction of sp³-hybridized carbons (Fsp3) is 0.188. The molecule has 2 rings (SSSR count). The van der Waals surface area contributed by atoms with Gasteiger partial charge in [0.05, 0.1) is 0 Å². The molecule has 0 saturated heterocycles. The van der Waals surface area contributed by atoms with E-state index in [2.05, 4.69) is 12.2 Å². The Morgan fingerprint density at radius 1 is 1.05 bits per heavy atom. The van der Waals surface area contributed by atoms with E-state index < -0.39 is 0 Å². The Hall–Kier alpha value is -1.74. The second-order valence-corrected chi connectivity index (χ2v) is 5.11. The minimum absolute atomic E-state index is 0.0723. The van der Waals surface area contributed by atoms with Crippen molar-refractivity contribution in [2.45, 2.75) is 18.2 Å². The van der Waals surface area contributed by atoms with Crippen molar-refractivity contribution < 1.29 is 4.79 Å². The van der Waals surface area contributed by atoms with Gasteiger partial charge < -0.3 is 5.32 Å². The van der Waals surface area contributed by atoms with Gasteiger partial charge >= 0.3 is 0 Å². The van der Waals surface area contributed by atoms with E-state index in [1.54, 1.807) is 11.8 Å². The van der Waals surface area contributed by atoms with Crippen LogP contribution in [-0.2, 0) is 6.42 Å². The summed E-state index contributed by atoms with van der Waals surface area (Å²) in [5.74, 6) is -0.0723. The summed E-state index contributed by atoms with van der Waals surface area (Å²) in [7, 11) is 0. The highest BCUT2D eigenvalue weighted by Crippen LogP contribution is 2.16. The number of rotatable bonds is 4. The number of hydrogen-bond acceptors (Lipinski definition) is 2. The second kappa shape index (κ2) is 6.43. The molecule has 2 aromatic carbocycles. The van der Waals surface area contributed by atoms with Crippen molar-refractivity contribution in [3.63, 3.8) is 0 Å². The van der Waals surface area contributed by atoms with Gasteiger partial charge in [0.25, 0.3) is 5.91 Å². The van der Waals surface area contributed by atoms with E-state index in [9.17, 15) is 4.79 Å². The molecule has 98 valence electrons. The summed E-state index contributed by atoms with van der Waals surface area (Å²) >= 11 is 1.67. The SMILES string of the molecule is CCc1ccc(NC(=O)c2ccc(SC)cc2)cc1. The minimum Gasteiger partial charge on any atom is -0.322 e. The molecule has 19 heavy (non-hydrogen) atoms. The quantitative estimate of drug-likeness (QED) is 0.843. The molecule has 0 saturated carbocycles. The summed E-state index contributed by atoms with van der Waals surface area (Å²) in [6.45, 7) is 2.11. The van der Waals surface area contributed by atoms with Gasteiger partial charge in [-0.1, -0.05) is 19.1 Å². The molecule has 0 bridgehead atoms. The molecule has 1 N–H and O–H groups in total. The molecular weight excluding hydrogens is 254 g/mol. The molecule has 0 unspecified atom stereocenters. The lowest BCUT2D eigenvalue weighted by Gasteiger charge is -2.06. The number of carbonyl (C=O) groups is 1. The first-order valence-electron chi connectivity index (χ1n) is 6.27. The van der Waals surface area contributed by atoms with Crippen molar-refractivity contribution in [3.05, 3.63) is 59.7 Å². The summed E-state index contributed by atoms with van der Waals surface area (Å²) in [5.41, 5.74) is 2.77. The number of anilines is 1. The molecule has 0 fully saturated rings. The van der Waals surface area contributed by atoms with Gasteiger partial charge in [-0.2, -0.15) is 0 Å². The van der Waals surface area contributed by atoms with Crippen molar-refractivity contribution in [2.75, 3.05) is 11.6 Å². The van der Waals surface area contributed by atoms with E-state index in [1.807, 2.05) is 54.8 Å². The fourth-order valence-corrected chi connectivity index (χ4v) is 2.18. The van der Waals surface area contributed by atoms with Gasteiger partial charge in [-0.3, -0.25) is 4.79 Å². The molecule has 0 radical (unpaired) electrons. The zero-order valence-electron chi connectivity index (χ0n) is 11.1. The van der Waals surface area contributed by atoms with E-state index in [0.717, 1.165) is 17.0 Å². The first kappa shape index (κ1) is 13.7. The molecule has 2 nitrogen and oxygen atoms in total. The maximum Gasteiger partial charge on any atom is 0.255 e. The molecule has 0 aliphatic carbocycles. The van der Waals surface area contributed by atoms with Gasteiger partial charge in [0.2, 0.25) is 0 Å². The Kier molecular flexibility index (Phi) is 4.63. The summed E-state index contributed by atoms with van der Waals surface area (Å²) in [6.07, 6.45) is 3.02. The van der Waals surface area contributed by atoms with Crippen LogP contribution in [0.4, 0.5) is 5.69 Å². The summed E-state index contributed by atoms with van der Waals surface area (Å²) < 4.78 is 0. The van der Waals surface area contributed by atoms with Gasteiger partial charge in [-0.05, 0) is 54.6 Å². The Labute approximate surface area is 118 Å². The third kappa shape index (κ3) is 3.61. The molecule has 0 aliphatic heterocycles. The highest BCUT2D eigenvalue weighted by molar-refractivity contribution is 7.98. The van der Waals surface area contributed by atoms with Crippen LogP contribution >= 0.6 is 11.8 Å². The smallest absolute Gasteiger partial charge is 0.255 e. The third-order valence-corrected chi connectivity index (χ3v) is 3.72. The van der Waals surface area contributed by atoms with Crippen molar-refractivity contribution in [3.8, 4) is 0 Å². The van der Waals surface area contributed by atoms with E-state index in [4.69, 9.17) is 0 Å². The summed E-state index contributed by atoms with van der Waals surface area (Å²) in [6, 6.07) is 15.6. The van der Waals surface area contributed by atoms with Crippen LogP contribution in [0.15, 0.2) is 53.4 Å². The van der Waals surface area contributed by atoms with E-state index >= 15 is 0 Å². The van der Waals surface area contributed by atoms with Crippen LogP contribution in [0.1, 0.15) is 22.8 Å². The average molecular weight is 271 g/mol. The predicted octanol–water partition coefficient (Wildman–Crippen LogP) is 4.22. The molecule has 0 aliphatic rings. The molecule has 0 heterocycles. The lowest BCUT2D eigenvalue weighted by Crippen LogP contribution is -2.11. The molecular formula is C16H17NOS. The third-order valence-electron chi connectivity index (χ3n) is 2.97. The maximum atomic E-state index is 12.1. The molecule has 0 spiro atoms. The van der Waals surface area contributed by atoms with Gasteiger partial charge in [0.15, 0.2) is 0 Å². The average Bonchev–Trinajstić information content (AvgIpc) is 2.48. The van der Waals surface area contributed by atoms with Crippen LogP contribution in [-0.4, -0.2) is 12.2 Å². The number of amides is 1. The lowest BCUT2D eigenvalue weighted by molar-refractivity contribution is 0.102. The Balaban J connectivity index is 2.06. The highest BCUT2D eigenvalue weighted by atomic mass is 32.2. The highest BCUT2D eigenvalue weighted by Gasteiger charge is 2.05. The number of carbonyl (C=O) groups excluding carboxylic acids is 1. The molecule has 3 heteroatoms. The van der Waals surface area contributed by atoms with E-state index in [-0.39, 0.29) is 5.91 Å². The molecule has 1 amide bonds. The van der Waals surface area contributed by atoms with Crippen molar-refractivity contribution in [1.82, 2.24) is 0 Å². The second-order valence-electron chi connectivity index (χ2n) is 4.23. The number of thioether (sulfide) groups is 1. The minimum atomic E-state index is -0.0723. The first-order chi connectivity index (χ1) is 9.22. The van der Waals surface area contributed by atoms with Gasteiger partial charge in [0, 0.05) is 16.1 Å². The summed E-state index contributed by atoms with van der Waals surface area (Å²) in [4.78, 5) is 13.2. The van der Waals surface area contributed by atoms with Crippen molar-refractivity contribution in [1.29, 1.82) is 0 Å². The Morgan fingerprint density at radius 3 is 2.21 bits per heavy atom. The van der Waals surface area contributed by atoms with Crippen LogP contribution in [0.2, 0.25) is 0 Å². The van der Waals surface area contributed by atoms with E-state index in [0.29, 0.717) is 5.56 Å². The number of nitrogens with one attached hydrogen (secondary N) is 1. The first-order valence-corrected chi connectivity index (χ1v) is 7.49. The van der Waals surface area contributed by atoms with Crippen LogP contribution in [0.3, 0.4) is 0 Å². The van der Waals surface area contributed by atoms with Gasteiger partial charge in [0.1, 0.15) is 0 Å². The van der Waals surface area contributed by atoms with Crippen molar-refractivity contribution >= 4 is 23.4 Å². The fourth-order valence-electron chi connectivity index (χ4n) is 1.77. The van der Waals surface area contributed by atoms with Crippen LogP contribution in [0.5, 0.6) is 0 Å². The largest absolute Gasteiger partial charge is 0.322 e. The standard InChI is InChI=1S/C16H17NOS/c1-3-12-4-8-14(9-5-12)17-16(18)13-6-10-15(19-2)11-7-13/h4-11H,3H2,1-2H3,(H,17,18). The van der Waals surface area contributed by atoms with Crippen LogP contribution in [0, 0.1) is 0 Å². The zero-order chi connectivity index (χ0) is 13.7. The van der Waals surface area contributed by atoms with E-state index in [1.165, 1.54) is 5.56 Å². The summed E-state index contributed by atoms with van der Waals surface area (Å²) in [5, 5.41) is 2.90. The van der Waals surface area contributed by atoms with Crippen LogP contribution in [0.25, 0.3) is 0 Å². The monoisotopic (exact) mass is 271 g/mol. The Bertz CT molecular complexity index is 546. The molecule has 2 aromatic rings. The van der Waals surface area contributed by atoms with Gasteiger partial charge in [-0.25, -0.2) is 0 Å². The van der Waals surface area contributed by atoms with Gasteiger partial charge in [-0.15, -0.1) is 11.8 Å². The number of hydrogen-bond donors (Lipinski definition) is 1. The molecule has 0 atom stereocenters. The zero-order valence-corrected chi connectivity index (χ0v) is 12.0. The topological polar surface area (TPSA) is 29.1 Å². The normalized spacial score (nSPS) is 10.2. The number of benzene rings is 2. The number of aryl methyl sites for hydroxylation is 1. The lowest BCUT2D eigenvalue weighted by atomic mass is 10.1. The predicted molar refractivity (Wildman–Crippen MR) is 82.0 cm³/mol.